The first-order valence-electron chi connectivity index (χ1n) is 5.89. The van der Waals surface area contributed by atoms with Crippen molar-refractivity contribution in [1.29, 1.82) is 0 Å². The fourth-order valence-electron chi connectivity index (χ4n) is 2.50. The molecule has 2 rings (SSSR count). The van der Waals surface area contributed by atoms with E-state index in [1.54, 1.807) is 0 Å². The normalized spacial score (nSPS) is 25.7. The number of hydrogen-bond donors (Lipinski definition) is 2. The zero-order valence-electron chi connectivity index (χ0n) is 9.67. The van der Waals surface area contributed by atoms with Crippen LogP contribution in [0, 0.1) is 0 Å². The average Bonchev–Trinajstić information content (AvgIpc) is 2.29. The molecule has 0 aliphatic heterocycles. The van der Waals surface area contributed by atoms with Crippen molar-refractivity contribution in [3.63, 3.8) is 0 Å². The summed E-state index contributed by atoms with van der Waals surface area (Å²) in [5.41, 5.74) is 1.35. The molecule has 94 valence electrons. The van der Waals surface area contributed by atoms with Gasteiger partial charge in [0.2, 0.25) is 0 Å². The monoisotopic (exact) mass is 254 g/mol. The van der Waals surface area contributed by atoms with Crippen LogP contribution in [0.5, 0.6) is 0 Å². The van der Waals surface area contributed by atoms with Gasteiger partial charge in [0.25, 0.3) is 10.2 Å². The number of benzene rings is 1. The van der Waals surface area contributed by atoms with Crippen LogP contribution in [-0.2, 0) is 10.2 Å². The molecule has 4 nitrogen and oxygen atoms in total. The minimum atomic E-state index is -3.56. The van der Waals surface area contributed by atoms with Crippen LogP contribution in [0.3, 0.4) is 0 Å². The molecule has 1 aromatic carbocycles. The maximum absolute atomic E-state index is 10.9. The summed E-state index contributed by atoms with van der Waals surface area (Å²) in [6, 6.07) is 10.4. The number of rotatable bonds is 3. The summed E-state index contributed by atoms with van der Waals surface area (Å²) in [6.07, 6.45) is 3.74. The van der Waals surface area contributed by atoms with Crippen molar-refractivity contribution in [2.75, 3.05) is 0 Å². The molecule has 0 atom stereocenters. The molecule has 1 aliphatic rings. The maximum atomic E-state index is 10.9. The average molecular weight is 254 g/mol. The van der Waals surface area contributed by atoms with Crippen molar-refractivity contribution in [3.05, 3.63) is 35.9 Å². The second kappa shape index (κ2) is 5.16. The molecule has 1 aliphatic carbocycles. The quantitative estimate of drug-likeness (QED) is 0.858. The molecule has 1 aromatic rings. The Hall–Kier alpha value is -0.910. The van der Waals surface area contributed by atoms with Crippen molar-refractivity contribution < 1.29 is 8.42 Å². The molecule has 5 heteroatoms. The van der Waals surface area contributed by atoms with Crippen molar-refractivity contribution >= 4 is 10.2 Å². The molecule has 0 aromatic heterocycles. The maximum Gasteiger partial charge on any atom is 0.274 e. The van der Waals surface area contributed by atoms with Crippen LogP contribution in [0.4, 0.5) is 0 Å². The van der Waals surface area contributed by atoms with Crippen molar-refractivity contribution in [2.24, 2.45) is 5.14 Å². The predicted molar refractivity (Wildman–Crippen MR) is 67.7 cm³/mol. The fourth-order valence-corrected chi connectivity index (χ4v) is 3.20. The summed E-state index contributed by atoms with van der Waals surface area (Å²) >= 11 is 0. The summed E-state index contributed by atoms with van der Waals surface area (Å²) in [5, 5.41) is 4.97. The molecule has 0 bridgehead atoms. The zero-order chi connectivity index (χ0) is 12.3. The Labute approximate surface area is 102 Å². The van der Waals surface area contributed by atoms with Gasteiger partial charge in [0.15, 0.2) is 0 Å². The van der Waals surface area contributed by atoms with E-state index in [0.717, 1.165) is 25.7 Å². The number of nitrogens with one attached hydrogen (secondary N) is 1. The Bertz CT molecular complexity index is 451. The number of nitrogens with two attached hydrogens (primary N) is 1. The topological polar surface area (TPSA) is 72.2 Å². The third kappa shape index (κ3) is 3.80. The molecular formula is C12H18N2O2S. The summed E-state index contributed by atoms with van der Waals surface area (Å²) in [5.74, 6) is 0.551. The van der Waals surface area contributed by atoms with Crippen LogP contribution in [-0.4, -0.2) is 14.5 Å². The molecule has 0 spiro atoms. The number of hydrogen-bond acceptors (Lipinski definition) is 2. The first kappa shape index (κ1) is 12.5. The minimum absolute atomic E-state index is 0.00459. The highest BCUT2D eigenvalue weighted by atomic mass is 32.2. The molecule has 0 amide bonds. The highest BCUT2D eigenvalue weighted by Gasteiger charge is 2.24. The smallest absolute Gasteiger partial charge is 0.216 e. The van der Waals surface area contributed by atoms with E-state index in [2.05, 4.69) is 16.9 Å². The van der Waals surface area contributed by atoms with Crippen molar-refractivity contribution in [2.45, 2.75) is 37.6 Å². The molecule has 0 heterocycles. The van der Waals surface area contributed by atoms with Gasteiger partial charge < -0.3 is 0 Å². The van der Waals surface area contributed by atoms with E-state index >= 15 is 0 Å². The second-order valence-corrected chi connectivity index (χ2v) is 5.95. The van der Waals surface area contributed by atoms with Gasteiger partial charge in [0.1, 0.15) is 0 Å². The highest BCUT2D eigenvalue weighted by Crippen LogP contribution is 2.32. The van der Waals surface area contributed by atoms with Gasteiger partial charge in [0.05, 0.1) is 0 Å². The standard InChI is InChI=1S/C12H18N2O2S/c13-17(15,16)14-12-8-6-11(7-9-12)10-4-2-1-3-5-10/h1-5,11-12,14H,6-9H2,(H2,13,15,16). The van der Waals surface area contributed by atoms with E-state index in [4.69, 9.17) is 5.14 Å². The Morgan fingerprint density at radius 3 is 2.18 bits per heavy atom. The summed E-state index contributed by atoms with van der Waals surface area (Å²) in [4.78, 5) is 0. The second-order valence-electron chi connectivity index (χ2n) is 4.62. The summed E-state index contributed by atoms with van der Waals surface area (Å²) in [7, 11) is -3.56. The van der Waals surface area contributed by atoms with Crippen LogP contribution >= 0.6 is 0 Å². The third-order valence-corrected chi connectivity index (χ3v) is 3.99. The molecule has 0 saturated heterocycles. The Morgan fingerprint density at radius 2 is 1.65 bits per heavy atom. The van der Waals surface area contributed by atoms with Gasteiger partial charge in [-0.2, -0.15) is 13.1 Å². The Morgan fingerprint density at radius 1 is 1.06 bits per heavy atom. The van der Waals surface area contributed by atoms with Crippen molar-refractivity contribution in [1.82, 2.24) is 4.72 Å². The van der Waals surface area contributed by atoms with Crippen LogP contribution in [0.2, 0.25) is 0 Å². The van der Waals surface area contributed by atoms with E-state index in [1.807, 2.05) is 18.2 Å². The van der Waals surface area contributed by atoms with Gasteiger partial charge in [-0.1, -0.05) is 30.3 Å². The fraction of sp³-hybridized carbons (Fsp3) is 0.500. The molecule has 17 heavy (non-hydrogen) atoms. The van der Waals surface area contributed by atoms with Gasteiger partial charge in [-0.15, -0.1) is 0 Å². The van der Waals surface area contributed by atoms with Gasteiger partial charge in [-0.25, -0.2) is 5.14 Å². The van der Waals surface area contributed by atoms with Crippen LogP contribution < -0.4 is 9.86 Å². The predicted octanol–water partition coefficient (Wildman–Crippen LogP) is 1.51. The molecular weight excluding hydrogens is 236 g/mol. The summed E-state index contributed by atoms with van der Waals surface area (Å²) < 4.78 is 24.3. The first-order valence-corrected chi connectivity index (χ1v) is 7.44. The third-order valence-electron chi connectivity index (χ3n) is 3.33. The van der Waals surface area contributed by atoms with E-state index < -0.39 is 10.2 Å². The van der Waals surface area contributed by atoms with E-state index in [-0.39, 0.29) is 6.04 Å². The van der Waals surface area contributed by atoms with Gasteiger partial charge in [-0.05, 0) is 37.2 Å². The molecule has 1 fully saturated rings. The van der Waals surface area contributed by atoms with E-state index in [1.165, 1.54) is 5.56 Å². The lowest BCUT2D eigenvalue weighted by Gasteiger charge is -2.28. The highest BCUT2D eigenvalue weighted by molar-refractivity contribution is 7.87. The van der Waals surface area contributed by atoms with E-state index in [0.29, 0.717) is 5.92 Å². The lowest BCUT2D eigenvalue weighted by molar-refractivity contribution is 0.374. The summed E-state index contributed by atoms with van der Waals surface area (Å²) in [6.45, 7) is 0. The molecule has 3 N–H and O–H groups in total. The van der Waals surface area contributed by atoms with Crippen LogP contribution in [0.15, 0.2) is 30.3 Å². The Kier molecular flexibility index (Phi) is 3.81. The van der Waals surface area contributed by atoms with Gasteiger partial charge >= 0.3 is 0 Å². The van der Waals surface area contributed by atoms with E-state index in [9.17, 15) is 8.42 Å². The van der Waals surface area contributed by atoms with Crippen molar-refractivity contribution in [3.8, 4) is 0 Å². The molecule has 1 saturated carbocycles. The molecule has 0 unspecified atom stereocenters. The SMILES string of the molecule is NS(=O)(=O)NC1CCC(c2ccccc2)CC1. The minimum Gasteiger partial charge on any atom is -0.216 e. The first-order chi connectivity index (χ1) is 8.04. The Balaban J connectivity index is 1.91. The van der Waals surface area contributed by atoms with Gasteiger partial charge in [-0.3, -0.25) is 0 Å². The molecule has 0 radical (unpaired) electrons. The van der Waals surface area contributed by atoms with Crippen LogP contribution in [0.1, 0.15) is 37.2 Å². The lowest BCUT2D eigenvalue weighted by Crippen LogP contribution is -2.41. The largest absolute Gasteiger partial charge is 0.274 e. The van der Waals surface area contributed by atoms with Crippen LogP contribution in [0.25, 0.3) is 0 Å². The van der Waals surface area contributed by atoms with Gasteiger partial charge in [0, 0.05) is 6.04 Å². The zero-order valence-corrected chi connectivity index (χ0v) is 10.5. The lowest BCUT2D eigenvalue weighted by atomic mass is 9.82.